The number of nitrogens with one attached hydrogen (secondary N) is 1. The molecule has 0 bridgehead atoms. The van der Waals surface area contributed by atoms with Crippen molar-refractivity contribution >= 4 is 39.6 Å². The zero-order valence-corrected chi connectivity index (χ0v) is 15.9. The minimum atomic E-state index is -4.52. The number of carbonyl (C=O) groups is 1. The number of pyridine rings is 1. The Labute approximate surface area is 161 Å². The summed E-state index contributed by atoms with van der Waals surface area (Å²) < 4.78 is 39.8. The molecule has 0 aliphatic rings. The molecule has 3 aromatic heterocycles. The van der Waals surface area contributed by atoms with Crippen molar-refractivity contribution in [3.8, 4) is 0 Å². The first-order chi connectivity index (χ1) is 12.6. The molecule has 0 aliphatic heterocycles. The Bertz CT molecular complexity index is 982. The molecule has 0 radical (unpaired) electrons. The van der Waals surface area contributed by atoms with E-state index in [1.54, 1.807) is 0 Å². The maximum atomic E-state index is 12.9. The molecule has 3 aromatic rings. The Balaban J connectivity index is 1.73. The van der Waals surface area contributed by atoms with Gasteiger partial charge >= 0.3 is 6.18 Å². The molecule has 0 atom stereocenters. The third-order valence-electron chi connectivity index (χ3n) is 3.52. The molecule has 144 valence electrons. The summed E-state index contributed by atoms with van der Waals surface area (Å²) in [7, 11) is 0. The van der Waals surface area contributed by atoms with Crippen molar-refractivity contribution in [3.63, 3.8) is 0 Å². The minimum absolute atomic E-state index is 0.127. The van der Waals surface area contributed by atoms with Crippen molar-refractivity contribution < 1.29 is 18.0 Å². The molecule has 27 heavy (non-hydrogen) atoms. The molecule has 0 saturated carbocycles. The number of carbonyl (C=O) groups excluding carboxylic acids is 1. The van der Waals surface area contributed by atoms with Gasteiger partial charge in [-0.25, -0.2) is 4.98 Å². The van der Waals surface area contributed by atoms with E-state index in [1.165, 1.54) is 21.9 Å². The van der Waals surface area contributed by atoms with E-state index < -0.39 is 17.6 Å². The van der Waals surface area contributed by atoms with E-state index >= 15 is 0 Å². The summed E-state index contributed by atoms with van der Waals surface area (Å²) in [6, 6.07) is 0.811. The smallest absolute Gasteiger partial charge is 0.305 e. The van der Waals surface area contributed by atoms with Crippen LogP contribution in [0.1, 0.15) is 30.1 Å². The van der Waals surface area contributed by atoms with Gasteiger partial charge in [-0.1, -0.05) is 36.8 Å². The fourth-order valence-corrected chi connectivity index (χ4v) is 3.64. The van der Waals surface area contributed by atoms with E-state index in [2.05, 4.69) is 34.3 Å². The predicted molar refractivity (Wildman–Crippen MR) is 96.0 cm³/mol. The molecule has 1 amide bonds. The van der Waals surface area contributed by atoms with Gasteiger partial charge in [0.15, 0.2) is 5.65 Å². The van der Waals surface area contributed by atoms with Crippen LogP contribution in [-0.2, 0) is 23.8 Å². The van der Waals surface area contributed by atoms with E-state index in [4.69, 9.17) is 11.6 Å². The molecular weight excluding hydrogens is 403 g/mol. The maximum absolute atomic E-state index is 12.9. The number of halogens is 4. The standard InChI is InChI=1S/C16H15ClF3N5OS/c1-8(2)3-13-23-24-15(27-13)22-12(26)5-10-7-25-6-9(16(18,19)20)4-11(17)14(25)21-10/h4,6-8H,3,5H2,1-2H3,(H,22,24,26). The first-order valence-electron chi connectivity index (χ1n) is 7.98. The number of aromatic nitrogens is 4. The molecular formula is C16H15ClF3N5OS. The van der Waals surface area contributed by atoms with Crippen molar-refractivity contribution in [1.29, 1.82) is 0 Å². The highest BCUT2D eigenvalue weighted by Crippen LogP contribution is 2.32. The lowest BCUT2D eigenvalue weighted by Crippen LogP contribution is -2.14. The highest BCUT2D eigenvalue weighted by Gasteiger charge is 2.32. The van der Waals surface area contributed by atoms with Crippen LogP contribution in [0, 0.1) is 5.92 Å². The van der Waals surface area contributed by atoms with E-state index in [0.29, 0.717) is 16.7 Å². The lowest BCUT2D eigenvalue weighted by atomic mass is 10.1. The summed E-state index contributed by atoms with van der Waals surface area (Å²) in [5, 5.41) is 11.6. The highest BCUT2D eigenvalue weighted by atomic mass is 35.5. The second kappa shape index (κ2) is 7.43. The van der Waals surface area contributed by atoms with Gasteiger partial charge in [-0.05, 0) is 12.0 Å². The van der Waals surface area contributed by atoms with Crippen molar-refractivity contribution in [2.45, 2.75) is 32.9 Å². The molecule has 6 nitrogen and oxygen atoms in total. The van der Waals surface area contributed by atoms with Crippen molar-refractivity contribution in [2.24, 2.45) is 5.92 Å². The summed E-state index contributed by atoms with van der Waals surface area (Å²) in [4.78, 5) is 16.3. The van der Waals surface area contributed by atoms with E-state index in [-0.39, 0.29) is 17.1 Å². The summed E-state index contributed by atoms with van der Waals surface area (Å²) in [5.74, 6) is 0.0311. The SMILES string of the molecule is CC(C)Cc1nnc(NC(=O)Cc2cn3cc(C(F)(F)F)cc(Cl)c3n2)s1. The Hall–Kier alpha value is -2.20. The minimum Gasteiger partial charge on any atom is -0.305 e. The second-order valence-corrected chi connectivity index (χ2v) is 7.83. The van der Waals surface area contributed by atoms with Crippen LogP contribution < -0.4 is 5.32 Å². The summed E-state index contributed by atoms with van der Waals surface area (Å²) in [6.07, 6.45) is -1.65. The fraction of sp³-hybridized carbons (Fsp3) is 0.375. The van der Waals surface area contributed by atoms with Gasteiger partial charge < -0.3 is 9.72 Å². The monoisotopic (exact) mass is 417 g/mol. The van der Waals surface area contributed by atoms with Gasteiger partial charge in [-0.3, -0.25) is 4.79 Å². The first-order valence-corrected chi connectivity index (χ1v) is 9.18. The van der Waals surface area contributed by atoms with Gasteiger partial charge in [0.2, 0.25) is 11.0 Å². The zero-order chi connectivity index (χ0) is 19.8. The average molecular weight is 418 g/mol. The van der Waals surface area contributed by atoms with E-state index in [9.17, 15) is 18.0 Å². The lowest BCUT2D eigenvalue weighted by molar-refractivity contribution is -0.137. The van der Waals surface area contributed by atoms with Crippen molar-refractivity contribution in [3.05, 3.63) is 39.7 Å². The third kappa shape index (κ3) is 4.75. The molecule has 0 fully saturated rings. The van der Waals surface area contributed by atoms with Gasteiger partial charge in [0, 0.05) is 18.8 Å². The van der Waals surface area contributed by atoms with Gasteiger partial charge in [0.25, 0.3) is 0 Å². The normalized spacial score (nSPS) is 12.1. The largest absolute Gasteiger partial charge is 0.417 e. The number of anilines is 1. The Morgan fingerprint density at radius 2 is 2.07 bits per heavy atom. The van der Waals surface area contributed by atoms with Gasteiger partial charge in [-0.15, -0.1) is 10.2 Å². The Morgan fingerprint density at radius 3 is 2.74 bits per heavy atom. The summed E-state index contributed by atoms with van der Waals surface area (Å²) in [6.45, 7) is 4.11. The van der Waals surface area contributed by atoms with Crippen LogP contribution in [0.15, 0.2) is 18.5 Å². The van der Waals surface area contributed by atoms with E-state index in [1.807, 2.05) is 0 Å². The third-order valence-corrected chi connectivity index (χ3v) is 4.66. The number of alkyl halides is 3. The van der Waals surface area contributed by atoms with Crippen LogP contribution in [0.4, 0.5) is 18.3 Å². The van der Waals surface area contributed by atoms with Crippen LogP contribution in [0.25, 0.3) is 5.65 Å². The molecule has 1 N–H and O–H groups in total. The summed E-state index contributed by atoms with van der Waals surface area (Å²) in [5.41, 5.74) is -0.441. The quantitative estimate of drug-likeness (QED) is 0.674. The first kappa shape index (κ1) is 19.6. The molecule has 0 aromatic carbocycles. The highest BCUT2D eigenvalue weighted by molar-refractivity contribution is 7.15. The number of rotatable bonds is 5. The maximum Gasteiger partial charge on any atom is 0.417 e. The molecule has 11 heteroatoms. The van der Waals surface area contributed by atoms with Crippen LogP contribution in [0.2, 0.25) is 5.02 Å². The number of hydrogen-bond acceptors (Lipinski definition) is 5. The average Bonchev–Trinajstić information content (AvgIpc) is 3.12. The Morgan fingerprint density at radius 1 is 1.33 bits per heavy atom. The van der Waals surface area contributed by atoms with Crippen LogP contribution in [0.3, 0.4) is 0 Å². The molecule has 3 heterocycles. The second-order valence-electron chi connectivity index (χ2n) is 6.36. The molecule has 0 aliphatic carbocycles. The topological polar surface area (TPSA) is 72.2 Å². The summed E-state index contributed by atoms with van der Waals surface area (Å²) >= 11 is 7.18. The van der Waals surface area contributed by atoms with Crippen molar-refractivity contribution in [2.75, 3.05) is 5.32 Å². The van der Waals surface area contributed by atoms with Gasteiger partial charge in [-0.2, -0.15) is 13.2 Å². The van der Waals surface area contributed by atoms with Crippen molar-refractivity contribution in [1.82, 2.24) is 19.6 Å². The predicted octanol–water partition coefficient (Wildman–Crippen LogP) is 4.24. The number of fused-ring (bicyclic) bond motifs is 1. The van der Waals surface area contributed by atoms with E-state index in [0.717, 1.165) is 23.7 Å². The number of hydrogen-bond donors (Lipinski definition) is 1. The molecule has 3 rings (SSSR count). The molecule has 0 spiro atoms. The van der Waals surface area contributed by atoms with Crippen LogP contribution in [-0.4, -0.2) is 25.5 Å². The van der Waals surface area contributed by atoms with Crippen LogP contribution in [0.5, 0.6) is 0 Å². The number of amides is 1. The molecule has 0 unspecified atom stereocenters. The lowest BCUT2D eigenvalue weighted by Gasteiger charge is -2.07. The Kier molecular flexibility index (Phi) is 5.38. The number of imidazole rings is 1. The van der Waals surface area contributed by atoms with Gasteiger partial charge in [0.05, 0.1) is 22.7 Å². The van der Waals surface area contributed by atoms with Crippen LogP contribution >= 0.6 is 22.9 Å². The van der Waals surface area contributed by atoms with Gasteiger partial charge in [0.1, 0.15) is 5.01 Å². The number of nitrogens with zero attached hydrogens (tertiary/aromatic N) is 4. The fourth-order valence-electron chi connectivity index (χ4n) is 2.41. The zero-order valence-electron chi connectivity index (χ0n) is 14.3. The molecule has 0 saturated heterocycles.